The molecule has 0 saturated heterocycles. The number of alkyl halides is 6. The molecule has 0 bridgehead atoms. The van der Waals surface area contributed by atoms with Crippen LogP contribution in [-0.4, -0.2) is 44.2 Å². The number of allylic oxidation sites excluding steroid dienone is 1. The summed E-state index contributed by atoms with van der Waals surface area (Å²) >= 11 is 0. The maximum Gasteiger partial charge on any atom is 0.416 e. The molecule has 202 valence electrons. The van der Waals surface area contributed by atoms with Crippen LogP contribution in [0.1, 0.15) is 41.5 Å². The molecule has 0 radical (unpaired) electrons. The Morgan fingerprint density at radius 3 is 1.46 bits per heavy atom. The van der Waals surface area contributed by atoms with E-state index in [0.717, 1.165) is 12.1 Å². The molecule has 0 aliphatic heterocycles. The van der Waals surface area contributed by atoms with Crippen LogP contribution in [0.25, 0.3) is 0 Å². The maximum atomic E-state index is 14.8. The van der Waals surface area contributed by atoms with E-state index in [1.165, 1.54) is 41.5 Å². The largest absolute Gasteiger partial charge is 0.468 e. The first kappa shape index (κ1) is 31.4. The molecule has 0 spiro atoms. The van der Waals surface area contributed by atoms with Crippen molar-refractivity contribution in [3.8, 4) is 18.2 Å². The van der Waals surface area contributed by atoms with Crippen LogP contribution in [0, 0.1) is 61.1 Å². The minimum absolute atomic E-state index is 0.243. The number of ether oxygens (including phenoxy) is 2. The van der Waals surface area contributed by atoms with Crippen LogP contribution < -0.4 is 0 Å². The summed E-state index contributed by atoms with van der Waals surface area (Å²) in [7, 11) is 0.938. The Morgan fingerprint density at radius 1 is 0.784 bits per heavy atom. The van der Waals surface area contributed by atoms with Crippen molar-refractivity contribution in [1.29, 1.82) is 15.8 Å². The monoisotopic (exact) mass is 534 g/mol. The van der Waals surface area contributed by atoms with Gasteiger partial charge in [0.2, 0.25) is 16.2 Å². The van der Waals surface area contributed by atoms with Crippen molar-refractivity contribution in [3.63, 3.8) is 0 Å². The number of carbonyl (C=O) groups excluding carboxylic acids is 2. The minimum Gasteiger partial charge on any atom is -0.468 e. The molecule has 3 atom stereocenters. The number of nitrogens with zero attached hydrogens (tertiary/aromatic N) is 4. The SMILES string of the molecule is COC(=O)[C@@]1(C#N)C(N=C(C(C)(C)C)C(C)(C)C)=C(C(F)(F)F)[C@@](C#N)(C(F)(F)F)[C@]1(C#N)C(=O)OC. The lowest BCUT2D eigenvalue weighted by Crippen LogP contribution is -2.62. The van der Waals surface area contributed by atoms with E-state index in [9.17, 15) is 51.7 Å². The van der Waals surface area contributed by atoms with Crippen LogP contribution in [0.15, 0.2) is 16.3 Å². The van der Waals surface area contributed by atoms with Gasteiger partial charge >= 0.3 is 24.3 Å². The predicted octanol–water partition coefficient (Wildman–Crippen LogP) is 4.79. The van der Waals surface area contributed by atoms with Gasteiger partial charge in [-0.05, 0) is 0 Å². The van der Waals surface area contributed by atoms with Crippen molar-refractivity contribution in [2.75, 3.05) is 14.2 Å². The van der Waals surface area contributed by atoms with Gasteiger partial charge in [0.15, 0.2) is 0 Å². The summed E-state index contributed by atoms with van der Waals surface area (Å²) in [5.41, 5.74) is -21.0. The zero-order valence-electron chi connectivity index (χ0n) is 21.2. The number of hydrogen-bond acceptors (Lipinski definition) is 8. The third-order valence-electron chi connectivity index (χ3n) is 5.93. The fraction of sp³-hybridized carbons (Fsp3) is 0.652. The van der Waals surface area contributed by atoms with Crippen LogP contribution in [0.3, 0.4) is 0 Å². The lowest BCUT2D eigenvalue weighted by Gasteiger charge is -2.41. The molecule has 0 saturated carbocycles. The number of aliphatic imine (C=N–C) groups is 1. The van der Waals surface area contributed by atoms with E-state index < -0.39 is 62.6 Å². The predicted molar refractivity (Wildman–Crippen MR) is 114 cm³/mol. The van der Waals surface area contributed by atoms with Gasteiger partial charge in [-0.1, -0.05) is 41.5 Å². The average molecular weight is 534 g/mol. The molecular weight excluding hydrogens is 510 g/mol. The molecule has 0 aromatic carbocycles. The Hall–Kier alpha value is -3.60. The molecule has 0 aromatic heterocycles. The van der Waals surface area contributed by atoms with Gasteiger partial charge in [-0.25, -0.2) is 4.79 Å². The molecule has 0 aromatic rings. The Balaban J connectivity index is 5.03. The maximum absolute atomic E-state index is 14.8. The van der Waals surface area contributed by atoms with Crippen LogP contribution in [0.5, 0.6) is 0 Å². The molecule has 0 N–H and O–H groups in total. The third-order valence-corrected chi connectivity index (χ3v) is 5.93. The molecular formula is C23H24F6N4O4. The molecule has 1 rings (SSSR count). The van der Waals surface area contributed by atoms with Gasteiger partial charge in [0.25, 0.3) is 0 Å². The van der Waals surface area contributed by atoms with Crippen molar-refractivity contribution < 1.29 is 45.4 Å². The molecule has 14 heteroatoms. The van der Waals surface area contributed by atoms with E-state index in [4.69, 9.17) is 0 Å². The van der Waals surface area contributed by atoms with Crippen LogP contribution in [-0.2, 0) is 19.1 Å². The minimum atomic E-state index is -6.35. The first-order valence-corrected chi connectivity index (χ1v) is 10.4. The summed E-state index contributed by atoms with van der Waals surface area (Å²) in [4.78, 5) is 29.9. The van der Waals surface area contributed by atoms with Gasteiger partial charge in [0.1, 0.15) is 0 Å². The third kappa shape index (κ3) is 4.01. The Labute approximate surface area is 209 Å². The molecule has 0 heterocycles. The van der Waals surface area contributed by atoms with Crippen LogP contribution >= 0.6 is 0 Å². The number of nitriles is 3. The van der Waals surface area contributed by atoms with Crippen molar-refractivity contribution in [1.82, 2.24) is 0 Å². The Morgan fingerprint density at radius 2 is 1.22 bits per heavy atom. The summed E-state index contributed by atoms with van der Waals surface area (Å²) in [6.45, 7) is 8.70. The van der Waals surface area contributed by atoms with Crippen molar-refractivity contribution in [2.24, 2.45) is 32.1 Å². The molecule has 0 unspecified atom stereocenters. The summed E-state index contributed by atoms with van der Waals surface area (Å²) in [6, 6.07) is 2.18. The smallest absolute Gasteiger partial charge is 0.416 e. The molecule has 8 nitrogen and oxygen atoms in total. The molecule has 0 fully saturated rings. The van der Waals surface area contributed by atoms with Crippen molar-refractivity contribution >= 4 is 17.7 Å². The molecule has 37 heavy (non-hydrogen) atoms. The van der Waals surface area contributed by atoms with Gasteiger partial charge in [-0.15, -0.1) is 0 Å². The van der Waals surface area contributed by atoms with Gasteiger partial charge in [0, 0.05) is 16.5 Å². The second kappa shape index (κ2) is 9.05. The molecule has 1 aliphatic carbocycles. The van der Waals surface area contributed by atoms with E-state index in [2.05, 4.69) is 14.5 Å². The van der Waals surface area contributed by atoms with Crippen molar-refractivity contribution in [3.05, 3.63) is 11.3 Å². The van der Waals surface area contributed by atoms with Crippen LogP contribution in [0.2, 0.25) is 0 Å². The Kier molecular flexibility index (Phi) is 7.69. The van der Waals surface area contributed by atoms with Crippen molar-refractivity contribution in [2.45, 2.75) is 53.9 Å². The highest BCUT2D eigenvalue weighted by atomic mass is 19.4. The highest BCUT2D eigenvalue weighted by Gasteiger charge is 2.91. The van der Waals surface area contributed by atoms with E-state index in [1.807, 2.05) is 0 Å². The summed E-state index contributed by atoms with van der Waals surface area (Å²) in [5, 5.41) is 29.9. The van der Waals surface area contributed by atoms with E-state index >= 15 is 0 Å². The number of esters is 2. The zero-order valence-corrected chi connectivity index (χ0v) is 21.2. The molecule has 1 aliphatic rings. The molecule has 0 amide bonds. The van der Waals surface area contributed by atoms with Gasteiger partial charge in [0.05, 0.1) is 43.7 Å². The van der Waals surface area contributed by atoms with Gasteiger partial charge in [-0.3, -0.25) is 9.79 Å². The van der Waals surface area contributed by atoms with E-state index in [-0.39, 0.29) is 5.71 Å². The standard InChI is InChI=1S/C23H24F6N4O4/c1-17(2,3)14(18(4,5)6)33-13-12(22(24,25)26)20(10-31,23(27,28)29)21(11-32,16(35)37-8)19(13,9-30)15(34)36-7/h1-8H3/t19-,20-,21-/m1/s1. The summed E-state index contributed by atoms with van der Waals surface area (Å²) < 4.78 is 97.0. The highest BCUT2D eigenvalue weighted by Crippen LogP contribution is 2.73. The number of carbonyl (C=O) groups is 2. The first-order chi connectivity index (χ1) is 16.5. The highest BCUT2D eigenvalue weighted by molar-refractivity contribution is 6.02. The van der Waals surface area contributed by atoms with Gasteiger partial charge < -0.3 is 9.47 Å². The van der Waals surface area contributed by atoms with Gasteiger partial charge in [-0.2, -0.15) is 42.1 Å². The number of halogens is 6. The number of methoxy groups -OCH3 is 2. The average Bonchev–Trinajstić information content (AvgIpc) is 2.98. The van der Waals surface area contributed by atoms with Crippen LogP contribution in [0.4, 0.5) is 26.3 Å². The fourth-order valence-electron chi connectivity index (χ4n) is 4.89. The van der Waals surface area contributed by atoms with E-state index in [1.54, 1.807) is 0 Å². The Bertz CT molecular complexity index is 1170. The summed E-state index contributed by atoms with van der Waals surface area (Å²) in [6.07, 6.45) is -12.5. The zero-order chi connectivity index (χ0) is 29.6. The second-order valence-electron chi connectivity index (χ2n) is 10.2. The quantitative estimate of drug-likeness (QED) is 0.288. The lowest BCUT2D eigenvalue weighted by molar-refractivity contribution is -0.242. The lowest BCUT2D eigenvalue weighted by atomic mass is 9.54. The topological polar surface area (TPSA) is 136 Å². The fourth-order valence-corrected chi connectivity index (χ4v) is 4.89. The first-order valence-electron chi connectivity index (χ1n) is 10.4. The second-order valence-corrected chi connectivity index (χ2v) is 10.2. The number of hydrogen-bond donors (Lipinski definition) is 0. The van der Waals surface area contributed by atoms with E-state index in [0.29, 0.717) is 20.3 Å². The normalized spacial score (nSPS) is 26.5. The summed E-state index contributed by atoms with van der Waals surface area (Å²) in [5.74, 6) is -4.54. The number of rotatable bonds is 3.